The van der Waals surface area contributed by atoms with Crippen molar-refractivity contribution < 1.29 is 0 Å². The molecule has 11 aromatic carbocycles. The summed E-state index contributed by atoms with van der Waals surface area (Å²) in [6.07, 6.45) is 0. The Kier molecular flexibility index (Phi) is 9.14. The van der Waals surface area contributed by atoms with Gasteiger partial charge in [-0.3, -0.25) is 0 Å². The van der Waals surface area contributed by atoms with Gasteiger partial charge in [0, 0.05) is 33.2 Å². The van der Waals surface area contributed by atoms with Gasteiger partial charge in [-0.25, -0.2) is 15.0 Å². The molecule has 0 atom stereocenters. The lowest BCUT2D eigenvalue weighted by Crippen LogP contribution is -2.02. The maximum atomic E-state index is 5.25. The number of benzene rings is 11. The normalized spacial score (nSPS) is 11.6. The molecule has 13 rings (SSSR count). The molecule has 0 aliphatic heterocycles. The molecule has 2 aromatic heterocycles. The van der Waals surface area contributed by atoms with Crippen LogP contribution in [0.25, 0.3) is 127 Å². The predicted octanol–water partition coefficient (Wildman–Crippen LogP) is 16.4. The van der Waals surface area contributed by atoms with E-state index in [-0.39, 0.29) is 0 Å². The largest absolute Gasteiger partial charge is 0.309 e. The summed E-state index contributed by atoms with van der Waals surface area (Å²) in [6, 6.07) is 86.5. The van der Waals surface area contributed by atoms with E-state index < -0.39 is 0 Å². The quantitative estimate of drug-likeness (QED) is 0.118. The van der Waals surface area contributed by atoms with Crippen LogP contribution >= 0.6 is 0 Å². The Labute approximate surface area is 387 Å². The van der Waals surface area contributed by atoms with Crippen LogP contribution in [-0.4, -0.2) is 19.5 Å². The fourth-order valence-corrected chi connectivity index (χ4v) is 10.1. The zero-order valence-electron chi connectivity index (χ0n) is 36.4. The van der Waals surface area contributed by atoms with Crippen LogP contribution in [0.3, 0.4) is 0 Å². The second-order valence-electron chi connectivity index (χ2n) is 17.1. The van der Waals surface area contributed by atoms with Gasteiger partial charge in [0.2, 0.25) is 0 Å². The molecule has 13 aromatic rings. The maximum absolute atomic E-state index is 5.25. The maximum Gasteiger partial charge on any atom is 0.164 e. The Morgan fingerprint density at radius 3 is 1.49 bits per heavy atom. The van der Waals surface area contributed by atoms with Gasteiger partial charge in [-0.15, -0.1) is 0 Å². The number of fused-ring (bicyclic) bond motifs is 7. The first kappa shape index (κ1) is 38.5. The first-order valence-corrected chi connectivity index (χ1v) is 22.8. The van der Waals surface area contributed by atoms with E-state index in [1.807, 2.05) is 6.07 Å². The van der Waals surface area contributed by atoms with Crippen LogP contribution < -0.4 is 0 Å². The highest BCUT2D eigenvalue weighted by molar-refractivity contribution is 6.20. The molecular formula is C63H40N4. The molecular weight excluding hydrogens is 813 g/mol. The van der Waals surface area contributed by atoms with Gasteiger partial charge in [0.05, 0.1) is 11.0 Å². The van der Waals surface area contributed by atoms with Crippen LogP contribution in [0.1, 0.15) is 0 Å². The lowest BCUT2D eigenvalue weighted by molar-refractivity contribution is 1.07. The summed E-state index contributed by atoms with van der Waals surface area (Å²) in [4.78, 5) is 15.7. The van der Waals surface area contributed by atoms with Crippen molar-refractivity contribution in [2.75, 3.05) is 0 Å². The van der Waals surface area contributed by atoms with E-state index in [0.29, 0.717) is 17.5 Å². The molecule has 0 amide bonds. The second-order valence-corrected chi connectivity index (χ2v) is 17.1. The first-order chi connectivity index (χ1) is 33.2. The minimum Gasteiger partial charge on any atom is -0.309 e. The Balaban J connectivity index is 0.906. The summed E-state index contributed by atoms with van der Waals surface area (Å²) in [5.74, 6) is 1.84. The molecule has 67 heavy (non-hydrogen) atoms. The summed E-state index contributed by atoms with van der Waals surface area (Å²) < 4.78 is 2.33. The standard InChI is InChI=1S/C63H40N4/c1-2-15-43(16-3-1)50-21-8-9-26-56(50)63-65-61(64-62(66-63)48-19-14-20-49(39-48)67-58-27-12-10-24-53(58)54-25-11-13-28-59(54)67)46-35-31-42(32-36-46)41-29-33-45(34-30-41)60-52-23-7-5-18-47(52)40-57-51-22-6-4-17-44(51)37-38-55(57)60/h1-40H. The van der Waals surface area contributed by atoms with Crippen molar-refractivity contribution >= 4 is 54.1 Å². The van der Waals surface area contributed by atoms with E-state index in [1.165, 1.54) is 54.2 Å². The van der Waals surface area contributed by atoms with E-state index in [4.69, 9.17) is 15.0 Å². The smallest absolute Gasteiger partial charge is 0.164 e. The highest BCUT2D eigenvalue weighted by atomic mass is 15.0. The lowest BCUT2D eigenvalue weighted by Gasteiger charge is -2.15. The number of nitrogens with zero attached hydrogens (tertiary/aromatic N) is 4. The van der Waals surface area contributed by atoms with E-state index in [1.54, 1.807) is 0 Å². The monoisotopic (exact) mass is 852 g/mol. The second kappa shape index (κ2) is 15.9. The zero-order valence-corrected chi connectivity index (χ0v) is 36.4. The Hall–Kier alpha value is -8.99. The van der Waals surface area contributed by atoms with Crippen LogP contribution in [0.2, 0.25) is 0 Å². The Morgan fingerprint density at radius 2 is 0.776 bits per heavy atom. The average molecular weight is 853 g/mol. The molecule has 0 aliphatic carbocycles. The topological polar surface area (TPSA) is 43.6 Å². The number of para-hydroxylation sites is 2. The number of hydrogen-bond donors (Lipinski definition) is 0. The average Bonchev–Trinajstić information content (AvgIpc) is 3.75. The molecule has 0 fully saturated rings. The van der Waals surface area contributed by atoms with Crippen molar-refractivity contribution in [2.45, 2.75) is 0 Å². The Morgan fingerprint density at radius 1 is 0.254 bits per heavy atom. The summed E-state index contributed by atoms with van der Waals surface area (Å²) >= 11 is 0. The molecule has 312 valence electrons. The first-order valence-electron chi connectivity index (χ1n) is 22.8. The van der Waals surface area contributed by atoms with E-state index in [9.17, 15) is 0 Å². The Bertz CT molecular complexity index is 3970. The van der Waals surface area contributed by atoms with Gasteiger partial charge in [0.15, 0.2) is 17.5 Å². The minimum atomic E-state index is 0.610. The summed E-state index contributed by atoms with van der Waals surface area (Å²) in [6.45, 7) is 0. The molecule has 0 N–H and O–H groups in total. The van der Waals surface area contributed by atoms with Crippen LogP contribution in [0, 0.1) is 0 Å². The van der Waals surface area contributed by atoms with Crippen molar-refractivity contribution in [1.82, 2.24) is 19.5 Å². The van der Waals surface area contributed by atoms with Crippen LogP contribution in [-0.2, 0) is 0 Å². The van der Waals surface area contributed by atoms with Crippen LogP contribution in [0.5, 0.6) is 0 Å². The molecule has 2 heterocycles. The molecule has 0 saturated carbocycles. The van der Waals surface area contributed by atoms with Gasteiger partial charge < -0.3 is 4.57 Å². The van der Waals surface area contributed by atoms with Crippen molar-refractivity contribution in [3.63, 3.8) is 0 Å². The van der Waals surface area contributed by atoms with Gasteiger partial charge in [0.1, 0.15) is 0 Å². The SMILES string of the molecule is c1ccc(-c2ccccc2-c2nc(-c3ccc(-c4ccc(-c5c6ccccc6cc6c5ccc5ccccc56)cc4)cc3)nc(-c3cccc(-n4c5ccccc5c5ccccc54)c3)n2)cc1. The number of aromatic nitrogens is 4. The molecule has 0 radical (unpaired) electrons. The van der Waals surface area contributed by atoms with E-state index in [2.05, 4.69) is 241 Å². The van der Waals surface area contributed by atoms with Gasteiger partial charge in [0.25, 0.3) is 0 Å². The summed E-state index contributed by atoms with van der Waals surface area (Å²) in [7, 11) is 0. The third kappa shape index (κ3) is 6.65. The molecule has 0 saturated heterocycles. The van der Waals surface area contributed by atoms with Crippen molar-refractivity contribution in [1.29, 1.82) is 0 Å². The minimum absolute atomic E-state index is 0.610. The van der Waals surface area contributed by atoms with Crippen molar-refractivity contribution in [3.05, 3.63) is 243 Å². The van der Waals surface area contributed by atoms with E-state index in [0.717, 1.165) is 55.7 Å². The number of hydrogen-bond acceptors (Lipinski definition) is 3. The molecule has 4 heteroatoms. The summed E-state index contributed by atoms with van der Waals surface area (Å²) in [5, 5.41) is 9.99. The molecule has 0 unspecified atom stereocenters. The molecule has 0 aliphatic rings. The van der Waals surface area contributed by atoms with E-state index >= 15 is 0 Å². The van der Waals surface area contributed by atoms with Crippen molar-refractivity contribution in [3.8, 4) is 73.2 Å². The third-order valence-electron chi connectivity index (χ3n) is 13.3. The number of rotatable bonds is 7. The highest BCUT2D eigenvalue weighted by Crippen LogP contribution is 2.41. The van der Waals surface area contributed by atoms with Gasteiger partial charge in [-0.1, -0.05) is 212 Å². The lowest BCUT2D eigenvalue weighted by atomic mass is 9.89. The fourth-order valence-electron chi connectivity index (χ4n) is 10.1. The van der Waals surface area contributed by atoms with Crippen LogP contribution in [0.4, 0.5) is 0 Å². The molecule has 0 bridgehead atoms. The zero-order chi connectivity index (χ0) is 44.3. The predicted molar refractivity (Wildman–Crippen MR) is 279 cm³/mol. The molecule has 0 spiro atoms. The highest BCUT2D eigenvalue weighted by Gasteiger charge is 2.18. The molecule has 4 nitrogen and oxygen atoms in total. The fraction of sp³-hybridized carbons (Fsp3) is 0. The van der Waals surface area contributed by atoms with Gasteiger partial charge in [-0.2, -0.15) is 0 Å². The third-order valence-corrected chi connectivity index (χ3v) is 13.3. The summed E-state index contributed by atoms with van der Waals surface area (Å²) in [5.41, 5.74) is 13.0. The van der Waals surface area contributed by atoms with Crippen LogP contribution in [0.15, 0.2) is 243 Å². The van der Waals surface area contributed by atoms with Gasteiger partial charge >= 0.3 is 0 Å². The van der Waals surface area contributed by atoms with Gasteiger partial charge in [-0.05, 0) is 96.0 Å². The van der Waals surface area contributed by atoms with Crippen molar-refractivity contribution in [2.24, 2.45) is 0 Å².